The molecule has 6 heteroatoms. The van der Waals surface area contributed by atoms with E-state index >= 15 is 0 Å². The lowest BCUT2D eigenvalue weighted by molar-refractivity contribution is 0.0746. The van der Waals surface area contributed by atoms with Crippen molar-refractivity contribution in [2.45, 2.75) is 6.92 Å². The topological polar surface area (TPSA) is 47.3 Å². The molecule has 128 valence electrons. The highest BCUT2D eigenvalue weighted by Crippen LogP contribution is 2.26. The molecule has 0 saturated carbocycles. The minimum absolute atomic E-state index is 0.0491. The molecular formula is C19H17F2N3O. The van der Waals surface area contributed by atoms with Crippen molar-refractivity contribution in [3.63, 3.8) is 0 Å². The lowest BCUT2D eigenvalue weighted by Gasteiger charge is -2.36. The molecule has 1 heterocycles. The van der Waals surface area contributed by atoms with Crippen molar-refractivity contribution in [1.82, 2.24) is 4.90 Å². The Morgan fingerprint density at radius 3 is 2.12 bits per heavy atom. The van der Waals surface area contributed by atoms with Gasteiger partial charge in [-0.1, -0.05) is 17.7 Å². The molecule has 0 unspecified atom stereocenters. The quantitative estimate of drug-likeness (QED) is 0.843. The molecular weight excluding hydrogens is 324 g/mol. The first-order valence-electron chi connectivity index (χ1n) is 7.99. The van der Waals surface area contributed by atoms with Crippen LogP contribution in [0.4, 0.5) is 14.5 Å². The van der Waals surface area contributed by atoms with Gasteiger partial charge in [-0.25, -0.2) is 8.78 Å². The van der Waals surface area contributed by atoms with Crippen molar-refractivity contribution in [2.24, 2.45) is 0 Å². The van der Waals surface area contributed by atoms with Gasteiger partial charge < -0.3 is 9.80 Å². The van der Waals surface area contributed by atoms with E-state index in [2.05, 4.69) is 0 Å². The molecule has 25 heavy (non-hydrogen) atoms. The second kappa shape index (κ2) is 6.89. The van der Waals surface area contributed by atoms with Crippen LogP contribution in [-0.2, 0) is 0 Å². The van der Waals surface area contributed by atoms with Crippen LogP contribution in [-0.4, -0.2) is 37.0 Å². The van der Waals surface area contributed by atoms with Gasteiger partial charge in [0.25, 0.3) is 5.91 Å². The maximum Gasteiger partial charge on any atom is 0.253 e. The van der Waals surface area contributed by atoms with Crippen LogP contribution in [0, 0.1) is 29.9 Å². The third kappa shape index (κ3) is 3.45. The second-order valence-electron chi connectivity index (χ2n) is 6.05. The van der Waals surface area contributed by atoms with Crippen molar-refractivity contribution in [3.8, 4) is 6.07 Å². The highest BCUT2D eigenvalue weighted by molar-refractivity contribution is 5.94. The fourth-order valence-corrected chi connectivity index (χ4v) is 2.94. The first-order valence-corrected chi connectivity index (χ1v) is 7.99. The number of halogens is 2. The zero-order valence-corrected chi connectivity index (χ0v) is 13.8. The molecule has 1 aliphatic rings. The van der Waals surface area contributed by atoms with Gasteiger partial charge in [-0.05, 0) is 31.2 Å². The van der Waals surface area contributed by atoms with E-state index in [0.29, 0.717) is 31.7 Å². The largest absolute Gasteiger partial charge is 0.363 e. The number of piperazine rings is 1. The Labute approximate surface area is 144 Å². The van der Waals surface area contributed by atoms with Crippen LogP contribution in [0.3, 0.4) is 0 Å². The van der Waals surface area contributed by atoms with Crippen LogP contribution in [0.2, 0.25) is 0 Å². The summed E-state index contributed by atoms with van der Waals surface area (Å²) in [4.78, 5) is 15.8. The highest BCUT2D eigenvalue weighted by atomic mass is 19.1. The molecule has 0 aliphatic carbocycles. The van der Waals surface area contributed by atoms with Crippen molar-refractivity contribution in [2.75, 3.05) is 31.1 Å². The summed E-state index contributed by atoms with van der Waals surface area (Å²) < 4.78 is 28.3. The number of nitrogens with zero attached hydrogens (tertiary/aromatic N) is 3. The maximum atomic E-state index is 14.1. The number of carbonyl (C=O) groups excluding carboxylic acids is 1. The Kier molecular flexibility index (Phi) is 4.66. The number of nitriles is 1. The molecule has 0 N–H and O–H groups in total. The Morgan fingerprint density at radius 2 is 1.60 bits per heavy atom. The second-order valence-corrected chi connectivity index (χ2v) is 6.05. The van der Waals surface area contributed by atoms with Crippen LogP contribution in [0.1, 0.15) is 21.5 Å². The molecule has 1 fully saturated rings. The molecule has 2 aromatic rings. The van der Waals surface area contributed by atoms with Gasteiger partial charge in [0.15, 0.2) is 11.6 Å². The van der Waals surface area contributed by atoms with E-state index in [-0.39, 0.29) is 17.2 Å². The van der Waals surface area contributed by atoms with Crippen molar-refractivity contribution < 1.29 is 13.6 Å². The first kappa shape index (κ1) is 16.9. The lowest BCUT2D eigenvalue weighted by atomic mass is 10.1. The van der Waals surface area contributed by atoms with Crippen LogP contribution in [0.5, 0.6) is 0 Å². The molecule has 1 aliphatic heterocycles. The van der Waals surface area contributed by atoms with E-state index in [9.17, 15) is 13.6 Å². The Morgan fingerprint density at radius 1 is 1.04 bits per heavy atom. The normalized spacial score (nSPS) is 14.3. The van der Waals surface area contributed by atoms with Gasteiger partial charge in [-0.2, -0.15) is 5.26 Å². The van der Waals surface area contributed by atoms with E-state index < -0.39 is 11.6 Å². The summed E-state index contributed by atoms with van der Waals surface area (Å²) in [6.07, 6.45) is 0. The van der Waals surface area contributed by atoms with E-state index in [1.165, 1.54) is 0 Å². The average molecular weight is 341 g/mol. The molecule has 2 aromatic carbocycles. The molecule has 0 bridgehead atoms. The van der Waals surface area contributed by atoms with Gasteiger partial charge >= 0.3 is 0 Å². The summed E-state index contributed by atoms with van der Waals surface area (Å²) in [5.74, 6) is -1.59. The van der Waals surface area contributed by atoms with Crippen molar-refractivity contribution >= 4 is 11.6 Å². The summed E-state index contributed by atoms with van der Waals surface area (Å²) in [7, 11) is 0. The molecule has 4 nitrogen and oxygen atoms in total. The van der Waals surface area contributed by atoms with Crippen LogP contribution < -0.4 is 4.90 Å². The van der Waals surface area contributed by atoms with Gasteiger partial charge in [0.05, 0.1) is 11.6 Å². The summed E-state index contributed by atoms with van der Waals surface area (Å²) in [5, 5.41) is 8.77. The van der Waals surface area contributed by atoms with Gasteiger partial charge in [0.2, 0.25) is 0 Å². The number of anilines is 1. The Bertz CT molecular complexity index is 812. The molecule has 0 radical (unpaired) electrons. The molecule has 0 aromatic heterocycles. The summed E-state index contributed by atoms with van der Waals surface area (Å²) >= 11 is 0. The third-order valence-electron chi connectivity index (χ3n) is 4.33. The predicted octanol–water partition coefficient (Wildman–Crippen LogP) is 3.11. The molecule has 0 atom stereocenters. The van der Waals surface area contributed by atoms with E-state index in [1.807, 2.05) is 19.1 Å². The van der Waals surface area contributed by atoms with E-state index in [4.69, 9.17) is 5.26 Å². The zero-order valence-electron chi connectivity index (χ0n) is 13.8. The number of benzene rings is 2. The van der Waals surface area contributed by atoms with E-state index in [0.717, 1.165) is 17.7 Å². The Hall–Kier alpha value is -2.94. The van der Waals surface area contributed by atoms with Crippen LogP contribution in [0.25, 0.3) is 0 Å². The number of hydrogen-bond donors (Lipinski definition) is 0. The van der Waals surface area contributed by atoms with Crippen molar-refractivity contribution in [1.29, 1.82) is 5.26 Å². The predicted molar refractivity (Wildman–Crippen MR) is 90.4 cm³/mol. The van der Waals surface area contributed by atoms with Gasteiger partial charge in [0, 0.05) is 31.7 Å². The molecule has 0 spiro atoms. The fourth-order valence-electron chi connectivity index (χ4n) is 2.94. The minimum Gasteiger partial charge on any atom is -0.363 e. The summed E-state index contributed by atoms with van der Waals surface area (Å²) in [6.45, 7) is 3.37. The number of rotatable bonds is 2. The van der Waals surface area contributed by atoms with Crippen LogP contribution >= 0.6 is 0 Å². The molecule has 1 saturated heterocycles. The van der Waals surface area contributed by atoms with Crippen LogP contribution in [0.15, 0.2) is 36.4 Å². The molecule has 1 amide bonds. The number of hydrogen-bond acceptors (Lipinski definition) is 3. The molecule has 3 rings (SSSR count). The fraction of sp³-hybridized carbons (Fsp3) is 0.263. The highest BCUT2D eigenvalue weighted by Gasteiger charge is 2.25. The van der Waals surface area contributed by atoms with Gasteiger partial charge in [-0.3, -0.25) is 4.79 Å². The standard InChI is InChI=1S/C19H17F2N3O/c1-13-2-4-15(5-3-13)19(25)24-8-6-23(7-9-24)18-16(20)10-14(12-22)11-17(18)21/h2-5,10-11H,6-9H2,1H3. The summed E-state index contributed by atoms with van der Waals surface area (Å²) in [5.41, 5.74) is 1.50. The first-order chi connectivity index (χ1) is 12.0. The number of amides is 1. The minimum atomic E-state index is -0.755. The summed E-state index contributed by atoms with van der Waals surface area (Å²) in [6, 6.07) is 11.1. The zero-order chi connectivity index (χ0) is 18.0. The third-order valence-corrected chi connectivity index (χ3v) is 4.33. The number of aryl methyl sites for hydroxylation is 1. The monoisotopic (exact) mass is 341 g/mol. The Balaban J connectivity index is 1.71. The van der Waals surface area contributed by atoms with Gasteiger partial charge in [-0.15, -0.1) is 0 Å². The smallest absolute Gasteiger partial charge is 0.253 e. The maximum absolute atomic E-state index is 14.1. The van der Waals surface area contributed by atoms with Gasteiger partial charge in [0.1, 0.15) is 5.69 Å². The SMILES string of the molecule is Cc1ccc(C(=O)N2CCN(c3c(F)cc(C#N)cc3F)CC2)cc1. The lowest BCUT2D eigenvalue weighted by Crippen LogP contribution is -2.49. The van der Waals surface area contributed by atoms with E-state index in [1.54, 1.807) is 28.0 Å². The average Bonchev–Trinajstić information content (AvgIpc) is 2.61. The number of carbonyl (C=O) groups is 1. The van der Waals surface area contributed by atoms with Crippen molar-refractivity contribution in [3.05, 3.63) is 64.7 Å².